The first-order chi connectivity index (χ1) is 9.65. The van der Waals surface area contributed by atoms with Gasteiger partial charge in [0.1, 0.15) is 0 Å². The lowest BCUT2D eigenvalue weighted by atomic mass is 9.71. The van der Waals surface area contributed by atoms with Gasteiger partial charge in [-0.15, -0.1) is 12.4 Å². The fourth-order valence-electron chi connectivity index (χ4n) is 2.95. The largest absolute Gasteiger partial charge is 0.387 e. The van der Waals surface area contributed by atoms with Crippen molar-refractivity contribution in [2.75, 3.05) is 13.1 Å². The Morgan fingerprint density at radius 1 is 1.43 bits per heavy atom. The van der Waals surface area contributed by atoms with E-state index in [0.29, 0.717) is 13.0 Å². The first-order valence-corrected chi connectivity index (χ1v) is 8.26. The van der Waals surface area contributed by atoms with Crippen LogP contribution in [0.15, 0.2) is 16.8 Å². The molecule has 0 aliphatic heterocycles. The third-order valence-electron chi connectivity index (χ3n) is 4.30. The third-order valence-corrected chi connectivity index (χ3v) is 5.00. The van der Waals surface area contributed by atoms with Crippen LogP contribution < -0.4 is 11.1 Å². The molecule has 4 N–H and O–H groups in total. The molecule has 0 radical (unpaired) electrons. The van der Waals surface area contributed by atoms with Crippen molar-refractivity contribution in [2.45, 2.75) is 44.6 Å². The highest BCUT2D eigenvalue weighted by atomic mass is 35.5. The Morgan fingerprint density at radius 3 is 2.71 bits per heavy atom. The van der Waals surface area contributed by atoms with Crippen LogP contribution in [0.2, 0.25) is 0 Å². The number of amides is 1. The molecule has 6 heteroatoms. The minimum absolute atomic E-state index is 0. The summed E-state index contributed by atoms with van der Waals surface area (Å²) in [4.78, 5) is 12.1. The van der Waals surface area contributed by atoms with Gasteiger partial charge < -0.3 is 16.2 Å². The number of hydrogen-bond donors (Lipinski definition) is 3. The van der Waals surface area contributed by atoms with Crippen LogP contribution in [-0.4, -0.2) is 24.1 Å². The number of carbonyl (C=O) groups is 1. The van der Waals surface area contributed by atoms with E-state index in [9.17, 15) is 9.90 Å². The summed E-state index contributed by atoms with van der Waals surface area (Å²) >= 11 is 1.54. The van der Waals surface area contributed by atoms with Crippen molar-refractivity contribution in [3.05, 3.63) is 22.4 Å². The van der Waals surface area contributed by atoms with E-state index in [1.165, 1.54) is 19.3 Å². The van der Waals surface area contributed by atoms with Crippen LogP contribution in [0, 0.1) is 5.41 Å². The van der Waals surface area contributed by atoms with E-state index in [2.05, 4.69) is 5.32 Å². The lowest BCUT2D eigenvalue weighted by Crippen LogP contribution is -2.39. The van der Waals surface area contributed by atoms with E-state index in [1.807, 2.05) is 16.8 Å². The van der Waals surface area contributed by atoms with E-state index in [1.54, 1.807) is 11.3 Å². The second kappa shape index (κ2) is 8.73. The second-order valence-corrected chi connectivity index (χ2v) is 6.60. The molecule has 0 bridgehead atoms. The van der Waals surface area contributed by atoms with Crippen LogP contribution in [0.4, 0.5) is 0 Å². The maximum absolute atomic E-state index is 12.1. The Labute approximate surface area is 136 Å². The molecule has 1 fully saturated rings. The van der Waals surface area contributed by atoms with Gasteiger partial charge in [-0.25, -0.2) is 0 Å². The molecule has 1 aromatic heterocycles. The summed E-state index contributed by atoms with van der Waals surface area (Å²) in [6.45, 7) is 0.851. The standard InChI is InChI=1S/C15H24N2O2S.ClH/c16-11-15(5-2-1-3-6-15)8-14(19)17-9-13(18)12-4-7-20-10-12;/h4,7,10,13,18H,1-3,5-6,8-9,11,16H2,(H,17,19);1H. The highest BCUT2D eigenvalue weighted by molar-refractivity contribution is 7.07. The Kier molecular flexibility index (Phi) is 7.66. The highest BCUT2D eigenvalue weighted by Crippen LogP contribution is 2.38. The summed E-state index contributed by atoms with van der Waals surface area (Å²) in [5.74, 6) is 0.00614. The van der Waals surface area contributed by atoms with Crippen LogP contribution in [0.3, 0.4) is 0 Å². The molecule has 1 aromatic rings. The molecule has 1 aliphatic rings. The lowest BCUT2D eigenvalue weighted by Gasteiger charge is -2.35. The molecule has 1 unspecified atom stereocenters. The Hall–Kier alpha value is -0.620. The van der Waals surface area contributed by atoms with Crippen molar-refractivity contribution >= 4 is 29.7 Å². The maximum Gasteiger partial charge on any atom is 0.220 e. The van der Waals surface area contributed by atoms with Crippen LogP contribution in [0.5, 0.6) is 0 Å². The molecule has 2 rings (SSSR count). The van der Waals surface area contributed by atoms with E-state index in [0.717, 1.165) is 18.4 Å². The molecule has 1 saturated carbocycles. The predicted molar refractivity (Wildman–Crippen MR) is 88.7 cm³/mol. The normalized spacial score (nSPS) is 18.6. The van der Waals surface area contributed by atoms with E-state index in [4.69, 9.17) is 5.73 Å². The number of rotatable bonds is 6. The van der Waals surface area contributed by atoms with Gasteiger partial charge in [-0.3, -0.25) is 4.79 Å². The molecule has 0 aromatic carbocycles. The van der Waals surface area contributed by atoms with Crippen molar-refractivity contribution in [1.82, 2.24) is 5.32 Å². The minimum Gasteiger partial charge on any atom is -0.387 e. The van der Waals surface area contributed by atoms with Crippen LogP contribution in [-0.2, 0) is 4.79 Å². The fraction of sp³-hybridized carbons (Fsp3) is 0.667. The van der Waals surface area contributed by atoms with Crippen molar-refractivity contribution in [1.29, 1.82) is 0 Å². The monoisotopic (exact) mass is 332 g/mol. The van der Waals surface area contributed by atoms with Gasteiger partial charge in [-0.05, 0) is 47.2 Å². The second-order valence-electron chi connectivity index (χ2n) is 5.82. The zero-order chi connectivity index (χ0) is 14.4. The number of halogens is 1. The summed E-state index contributed by atoms with van der Waals surface area (Å²) in [7, 11) is 0. The molecule has 4 nitrogen and oxygen atoms in total. The Bertz CT molecular complexity index is 419. The number of aliphatic hydroxyl groups is 1. The molecule has 1 aliphatic carbocycles. The summed E-state index contributed by atoms with van der Waals surface area (Å²) in [6.07, 6.45) is 5.54. The average molecular weight is 333 g/mol. The number of aliphatic hydroxyl groups excluding tert-OH is 1. The van der Waals surface area contributed by atoms with Crippen molar-refractivity contribution in [3.8, 4) is 0 Å². The molecular formula is C15H25ClN2O2S. The van der Waals surface area contributed by atoms with E-state index >= 15 is 0 Å². The fourth-order valence-corrected chi connectivity index (χ4v) is 3.66. The van der Waals surface area contributed by atoms with Gasteiger partial charge in [-0.1, -0.05) is 19.3 Å². The van der Waals surface area contributed by atoms with Gasteiger partial charge in [0.2, 0.25) is 5.91 Å². The quantitative estimate of drug-likeness (QED) is 0.749. The van der Waals surface area contributed by atoms with Crippen LogP contribution >= 0.6 is 23.7 Å². The van der Waals surface area contributed by atoms with E-state index < -0.39 is 6.10 Å². The first-order valence-electron chi connectivity index (χ1n) is 7.32. The van der Waals surface area contributed by atoms with Crippen LogP contribution in [0.1, 0.15) is 50.2 Å². The highest BCUT2D eigenvalue weighted by Gasteiger charge is 2.32. The maximum atomic E-state index is 12.1. The molecule has 1 heterocycles. The SMILES string of the molecule is Cl.NCC1(CC(=O)NCC(O)c2ccsc2)CCCCC1. The van der Waals surface area contributed by atoms with Gasteiger partial charge in [0.25, 0.3) is 0 Å². The predicted octanol–water partition coefficient (Wildman–Crippen LogP) is 2.62. The van der Waals surface area contributed by atoms with Crippen molar-refractivity contribution < 1.29 is 9.90 Å². The van der Waals surface area contributed by atoms with Gasteiger partial charge in [0.15, 0.2) is 0 Å². The van der Waals surface area contributed by atoms with Gasteiger partial charge >= 0.3 is 0 Å². The Morgan fingerprint density at radius 2 is 2.14 bits per heavy atom. The number of nitrogens with two attached hydrogens (primary N) is 1. The van der Waals surface area contributed by atoms with Crippen LogP contribution in [0.25, 0.3) is 0 Å². The summed E-state index contributed by atoms with van der Waals surface area (Å²) in [5.41, 5.74) is 6.74. The summed E-state index contributed by atoms with van der Waals surface area (Å²) in [6, 6.07) is 1.88. The number of carbonyl (C=O) groups excluding carboxylic acids is 1. The number of thiophene rings is 1. The molecule has 0 saturated heterocycles. The average Bonchev–Trinajstić information content (AvgIpc) is 3.00. The number of nitrogens with one attached hydrogen (secondary N) is 1. The van der Waals surface area contributed by atoms with Gasteiger partial charge in [0, 0.05) is 13.0 Å². The van der Waals surface area contributed by atoms with Crippen molar-refractivity contribution in [2.24, 2.45) is 11.1 Å². The lowest BCUT2D eigenvalue weighted by molar-refractivity contribution is -0.124. The van der Waals surface area contributed by atoms with Gasteiger partial charge in [-0.2, -0.15) is 11.3 Å². The zero-order valence-electron chi connectivity index (χ0n) is 12.2. The third kappa shape index (κ3) is 5.25. The molecule has 1 amide bonds. The topological polar surface area (TPSA) is 75.4 Å². The first kappa shape index (κ1) is 18.4. The summed E-state index contributed by atoms with van der Waals surface area (Å²) < 4.78 is 0. The molecule has 1 atom stereocenters. The van der Waals surface area contributed by atoms with Gasteiger partial charge in [0.05, 0.1) is 6.10 Å². The smallest absolute Gasteiger partial charge is 0.220 e. The van der Waals surface area contributed by atoms with E-state index in [-0.39, 0.29) is 30.3 Å². The zero-order valence-corrected chi connectivity index (χ0v) is 13.8. The Balaban J connectivity index is 0.00000220. The minimum atomic E-state index is -0.620. The molecular weight excluding hydrogens is 308 g/mol. The number of hydrogen-bond acceptors (Lipinski definition) is 4. The summed E-state index contributed by atoms with van der Waals surface area (Å²) in [5, 5.41) is 16.6. The molecule has 21 heavy (non-hydrogen) atoms. The molecule has 120 valence electrons. The van der Waals surface area contributed by atoms with Crippen molar-refractivity contribution in [3.63, 3.8) is 0 Å². The molecule has 0 spiro atoms.